The molecular weight excluding hydrogens is 514 g/mol. The largest absolute Gasteiger partial charge is 0.458 e. The van der Waals surface area contributed by atoms with Crippen LogP contribution in [0, 0.1) is 0 Å². The van der Waals surface area contributed by atoms with Gasteiger partial charge in [-0.05, 0) is 37.3 Å². The number of benzene rings is 2. The van der Waals surface area contributed by atoms with Gasteiger partial charge in [0.15, 0.2) is 24.3 Å². The van der Waals surface area contributed by atoms with Gasteiger partial charge in [-0.3, -0.25) is 14.5 Å². The third kappa shape index (κ3) is 6.08. The van der Waals surface area contributed by atoms with Crippen LogP contribution in [0.3, 0.4) is 0 Å². The van der Waals surface area contributed by atoms with Crippen LogP contribution in [-0.2, 0) is 23.8 Å². The van der Waals surface area contributed by atoms with Crippen LogP contribution in [0.1, 0.15) is 34.6 Å². The van der Waals surface area contributed by atoms with Gasteiger partial charge in [-0.25, -0.2) is 14.0 Å². The van der Waals surface area contributed by atoms with Crippen molar-refractivity contribution in [3.63, 3.8) is 0 Å². The van der Waals surface area contributed by atoms with Gasteiger partial charge in [0, 0.05) is 13.1 Å². The number of alkyl halides is 4. The molecule has 1 aliphatic rings. The Balaban J connectivity index is 2.05. The topological polar surface area (TPSA) is 99.2 Å². The van der Waals surface area contributed by atoms with Crippen molar-refractivity contribution in [2.45, 2.75) is 44.1 Å². The first-order valence-corrected chi connectivity index (χ1v) is 11.2. The molecule has 1 unspecified atom stereocenters. The molecule has 1 fully saturated rings. The number of ketones is 1. The average Bonchev–Trinajstić information content (AvgIpc) is 3.15. The van der Waals surface area contributed by atoms with Crippen molar-refractivity contribution in [2.24, 2.45) is 0 Å². The monoisotopic (exact) mass is 537 g/mol. The number of rotatable bonds is 8. The van der Waals surface area contributed by atoms with Crippen molar-refractivity contribution in [2.75, 3.05) is 6.61 Å². The lowest BCUT2D eigenvalue weighted by Gasteiger charge is -2.35. The minimum Gasteiger partial charge on any atom is -0.458 e. The van der Waals surface area contributed by atoms with Crippen LogP contribution in [0.15, 0.2) is 72.9 Å². The van der Waals surface area contributed by atoms with E-state index < -0.39 is 60.5 Å². The molecule has 38 heavy (non-hydrogen) atoms. The van der Waals surface area contributed by atoms with E-state index in [0.717, 1.165) is 26.1 Å². The van der Waals surface area contributed by atoms with Gasteiger partial charge in [0.25, 0.3) is 0 Å². The minimum absolute atomic E-state index is 0.0937. The predicted molar refractivity (Wildman–Crippen MR) is 123 cm³/mol. The summed E-state index contributed by atoms with van der Waals surface area (Å²) in [5.74, 6) is -4.04. The number of ether oxygens (including phenoxy) is 3. The van der Waals surface area contributed by atoms with Crippen molar-refractivity contribution < 1.29 is 51.0 Å². The molecule has 0 aromatic heterocycles. The Hall–Kier alpha value is -4.06. The summed E-state index contributed by atoms with van der Waals surface area (Å²) >= 11 is 0. The van der Waals surface area contributed by atoms with Gasteiger partial charge in [-0.1, -0.05) is 36.4 Å². The Morgan fingerprint density at radius 2 is 1.47 bits per heavy atom. The zero-order chi connectivity index (χ0) is 28.1. The summed E-state index contributed by atoms with van der Waals surface area (Å²) in [6.45, 7) is 0.412. The van der Waals surface area contributed by atoms with Gasteiger partial charge in [0.1, 0.15) is 6.61 Å². The van der Waals surface area contributed by atoms with Crippen LogP contribution in [0.5, 0.6) is 0 Å². The number of nitrogens with zero attached hydrogens (tertiary/aromatic N) is 1. The molecule has 2 aromatic carbocycles. The van der Waals surface area contributed by atoms with Crippen molar-refractivity contribution in [3.05, 3.63) is 84.1 Å². The highest BCUT2D eigenvalue weighted by molar-refractivity contribution is 5.90. The molecule has 12 heteroatoms. The third-order valence-corrected chi connectivity index (χ3v) is 5.61. The van der Waals surface area contributed by atoms with Crippen LogP contribution < -0.4 is 0 Å². The fourth-order valence-corrected chi connectivity index (χ4v) is 3.69. The maximum atomic E-state index is 15.8. The lowest BCUT2D eigenvalue weighted by molar-refractivity contribution is -0.305. The number of esters is 2. The molecule has 0 saturated carbocycles. The Morgan fingerprint density at radius 1 is 0.947 bits per heavy atom. The summed E-state index contributed by atoms with van der Waals surface area (Å²) in [5.41, 5.74) is -3.98. The lowest BCUT2D eigenvalue weighted by Crippen LogP contribution is -2.59. The van der Waals surface area contributed by atoms with Crippen LogP contribution in [0.2, 0.25) is 0 Å². The first kappa shape index (κ1) is 28.5. The molecule has 0 radical (unpaired) electrons. The summed E-state index contributed by atoms with van der Waals surface area (Å²) < 4.78 is 74.7. The molecule has 0 spiro atoms. The Bertz CT molecular complexity index is 1200. The number of amides is 1. The third-order valence-electron chi connectivity index (χ3n) is 5.61. The first-order valence-electron chi connectivity index (χ1n) is 11.2. The van der Waals surface area contributed by atoms with Crippen molar-refractivity contribution in [3.8, 4) is 0 Å². The number of hydrogen-bond acceptors (Lipinski definition) is 7. The summed E-state index contributed by atoms with van der Waals surface area (Å²) in [4.78, 5) is 49.1. The van der Waals surface area contributed by atoms with E-state index >= 15 is 4.39 Å². The second kappa shape index (κ2) is 11.5. The van der Waals surface area contributed by atoms with E-state index in [2.05, 4.69) is 0 Å². The van der Waals surface area contributed by atoms with Crippen LogP contribution in [0.4, 0.5) is 17.6 Å². The van der Waals surface area contributed by atoms with E-state index in [4.69, 9.17) is 14.2 Å². The van der Waals surface area contributed by atoms with Gasteiger partial charge in [-0.15, -0.1) is 0 Å². The highest BCUT2D eigenvalue weighted by Gasteiger charge is 2.73. The molecule has 202 valence electrons. The van der Waals surface area contributed by atoms with Crippen LogP contribution >= 0.6 is 0 Å². The number of halogens is 4. The zero-order valence-corrected chi connectivity index (χ0v) is 20.2. The van der Waals surface area contributed by atoms with Crippen molar-refractivity contribution in [1.82, 2.24) is 4.90 Å². The van der Waals surface area contributed by atoms with E-state index in [1.807, 2.05) is 0 Å². The number of carbonyl (C=O) groups excluding carboxylic acids is 4. The van der Waals surface area contributed by atoms with Crippen LogP contribution in [0.25, 0.3) is 0 Å². The highest BCUT2D eigenvalue weighted by atomic mass is 19.4. The molecule has 0 aliphatic carbocycles. The molecule has 1 saturated heterocycles. The molecule has 2 aromatic rings. The van der Waals surface area contributed by atoms with E-state index in [1.165, 1.54) is 48.5 Å². The summed E-state index contributed by atoms with van der Waals surface area (Å²) in [6, 6.07) is 13.9. The van der Waals surface area contributed by atoms with E-state index in [9.17, 15) is 32.3 Å². The lowest BCUT2D eigenvalue weighted by atomic mass is 9.95. The average molecular weight is 537 g/mol. The molecule has 1 aliphatic heterocycles. The molecule has 0 N–H and O–H groups in total. The summed E-state index contributed by atoms with van der Waals surface area (Å²) in [5, 5.41) is 0. The normalized spacial score (nSPS) is 23.2. The second-order valence-corrected chi connectivity index (χ2v) is 8.33. The smallest absolute Gasteiger partial charge is 0.424 e. The molecule has 4 atom stereocenters. The number of hydrogen-bond donors (Lipinski definition) is 0. The predicted octanol–water partition coefficient (Wildman–Crippen LogP) is 4.02. The second-order valence-electron chi connectivity index (χ2n) is 8.33. The highest BCUT2D eigenvalue weighted by Crippen LogP contribution is 2.47. The maximum absolute atomic E-state index is 15.8. The molecule has 1 amide bonds. The standard InChI is InChI=1S/C26H23F4NO7/c1-16(32)13-14-31(17(2)33)22-20(27)21(37-24(35)19-11-7-4-8-12-19)25(38-22,26(28,29)30)15-36-23(34)18-9-5-3-6-10-18/h3-14,20-22H,15H2,1-2H3/b14-13-/t20-,21+,22?,25-/m1/s1. The van der Waals surface area contributed by atoms with Gasteiger partial charge in [0.05, 0.1) is 11.1 Å². The number of allylic oxidation sites excluding steroid dienone is 1. The van der Waals surface area contributed by atoms with Crippen molar-refractivity contribution >= 4 is 23.6 Å². The van der Waals surface area contributed by atoms with E-state index in [0.29, 0.717) is 4.90 Å². The fraction of sp³-hybridized carbons (Fsp3) is 0.308. The Morgan fingerprint density at radius 3 is 1.95 bits per heavy atom. The molecule has 3 rings (SSSR count). The Labute approximate surface area is 214 Å². The molecule has 8 nitrogen and oxygen atoms in total. The zero-order valence-electron chi connectivity index (χ0n) is 20.2. The first-order chi connectivity index (χ1) is 17.9. The molecule has 1 heterocycles. The van der Waals surface area contributed by atoms with Crippen molar-refractivity contribution in [1.29, 1.82) is 0 Å². The molecule has 0 bridgehead atoms. The van der Waals surface area contributed by atoms with Gasteiger partial charge in [0.2, 0.25) is 11.5 Å². The summed E-state index contributed by atoms with van der Waals surface area (Å²) in [6.07, 6.45) is -11.6. The number of carbonyl (C=O) groups is 4. The summed E-state index contributed by atoms with van der Waals surface area (Å²) in [7, 11) is 0. The maximum Gasteiger partial charge on any atom is 0.424 e. The van der Waals surface area contributed by atoms with E-state index in [1.54, 1.807) is 12.1 Å². The van der Waals surface area contributed by atoms with Crippen LogP contribution in [-0.4, -0.2) is 65.4 Å². The van der Waals surface area contributed by atoms with Gasteiger partial charge in [-0.2, -0.15) is 13.2 Å². The quantitative estimate of drug-likeness (QED) is 0.285. The molecular formula is C26H23F4NO7. The fourth-order valence-electron chi connectivity index (χ4n) is 3.69. The Kier molecular flexibility index (Phi) is 8.67. The SMILES string of the molecule is CC(=O)/C=C\N(C(C)=O)C1O[C@@](COC(=O)c2ccccc2)(C(F)(F)F)[C@@H](OC(=O)c2ccccc2)[C@H]1F. The minimum atomic E-state index is -5.46. The van der Waals surface area contributed by atoms with Gasteiger partial charge < -0.3 is 14.2 Å². The van der Waals surface area contributed by atoms with E-state index in [-0.39, 0.29) is 11.1 Å². The van der Waals surface area contributed by atoms with Gasteiger partial charge >= 0.3 is 18.1 Å².